The van der Waals surface area contributed by atoms with Crippen molar-refractivity contribution < 1.29 is 15.0 Å². The van der Waals surface area contributed by atoms with Crippen molar-refractivity contribution in [2.45, 2.75) is 125 Å². The van der Waals surface area contributed by atoms with Crippen molar-refractivity contribution in [3.63, 3.8) is 0 Å². The van der Waals surface area contributed by atoms with Crippen LogP contribution in [0.4, 0.5) is 0 Å². The van der Waals surface area contributed by atoms with Crippen LogP contribution in [-0.2, 0) is 4.79 Å². The number of allylic oxidation sites excluding steroid dienone is 2. The van der Waals surface area contributed by atoms with Gasteiger partial charge in [0, 0.05) is 6.54 Å². The van der Waals surface area contributed by atoms with Crippen LogP contribution in [0.25, 0.3) is 0 Å². The Morgan fingerprint density at radius 3 is 2.28 bits per heavy atom. The fourth-order valence-electron chi connectivity index (χ4n) is 11.1. The highest BCUT2D eigenvalue weighted by Crippen LogP contribution is 2.75. The molecule has 0 aromatic carbocycles. The lowest BCUT2D eigenvalue weighted by Crippen LogP contribution is -2.67. The van der Waals surface area contributed by atoms with Crippen LogP contribution in [0.5, 0.6) is 0 Å². The standard InChI is InChI=1S/C32H53NO3/c1-9-33-26(36)32-16-14-27(2,3)18-21(32)20-10-11-24-29(6)19-22(34)25(35)28(4,5)23(29)12-13-31(24,8)30(20,7)15-17-32/h10,21-25,34-35H,9,11-19H2,1-8H3,(H,33,36)/t21-,22+,23-,24+,25-,29-,30+,31+,32-/m0/s1. The second kappa shape index (κ2) is 8.07. The summed E-state index contributed by atoms with van der Waals surface area (Å²) in [4.78, 5) is 13.7. The molecule has 9 atom stereocenters. The number of aliphatic hydroxyl groups is 2. The number of fused-ring (bicyclic) bond motifs is 7. The minimum absolute atomic E-state index is 0.000143. The van der Waals surface area contributed by atoms with Crippen molar-refractivity contribution in [2.24, 2.45) is 50.2 Å². The molecule has 4 nitrogen and oxygen atoms in total. The summed E-state index contributed by atoms with van der Waals surface area (Å²) in [6, 6.07) is 0. The van der Waals surface area contributed by atoms with Gasteiger partial charge >= 0.3 is 0 Å². The summed E-state index contributed by atoms with van der Waals surface area (Å²) in [6.07, 6.45) is 10.6. The maximum absolute atomic E-state index is 13.7. The monoisotopic (exact) mass is 499 g/mol. The summed E-state index contributed by atoms with van der Waals surface area (Å²) >= 11 is 0. The Morgan fingerprint density at radius 1 is 0.944 bits per heavy atom. The van der Waals surface area contributed by atoms with Crippen molar-refractivity contribution in [3.8, 4) is 0 Å². The Morgan fingerprint density at radius 2 is 1.61 bits per heavy atom. The first-order chi connectivity index (χ1) is 16.6. The first-order valence-corrected chi connectivity index (χ1v) is 14.9. The lowest BCUT2D eigenvalue weighted by atomic mass is 9.33. The lowest BCUT2D eigenvalue weighted by Gasteiger charge is -2.71. The SMILES string of the molecule is CCNC(=O)[C@]12CCC(C)(C)C[C@H]1C1=CC[C@@H]3[C@@]4(C)C[C@@H](O)[C@H](O)C(C)(C)[C@@H]4CC[C@@]3(C)[C@]1(C)CC2. The van der Waals surface area contributed by atoms with Gasteiger partial charge in [0.1, 0.15) is 0 Å². The van der Waals surface area contributed by atoms with E-state index in [0.29, 0.717) is 36.6 Å². The van der Waals surface area contributed by atoms with Crippen molar-refractivity contribution >= 4 is 5.91 Å². The van der Waals surface area contributed by atoms with Gasteiger partial charge < -0.3 is 15.5 Å². The molecule has 0 aromatic rings. The molecule has 5 aliphatic rings. The number of rotatable bonds is 2. The van der Waals surface area contributed by atoms with Gasteiger partial charge in [0.05, 0.1) is 17.6 Å². The molecule has 4 fully saturated rings. The Labute approximate surface area is 220 Å². The van der Waals surface area contributed by atoms with Gasteiger partial charge in [-0.15, -0.1) is 0 Å². The molecule has 0 heterocycles. The predicted molar refractivity (Wildman–Crippen MR) is 145 cm³/mol. The molecule has 0 aliphatic heterocycles. The van der Waals surface area contributed by atoms with E-state index in [-0.39, 0.29) is 32.5 Å². The molecule has 5 rings (SSSR count). The van der Waals surface area contributed by atoms with E-state index in [1.165, 1.54) is 6.42 Å². The molecule has 0 aromatic heterocycles. The van der Waals surface area contributed by atoms with Gasteiger partial charge in [-0.05, 0) is 110 Å². The van der Waals surface area contributed by atoms with Gasteiger partial charge in [-0.3, -0.25) is 4.79 Å². The molecular formula is C32H53NO3. The van der Waals surface area contributed by atoms with E-state index in [9.17, 15) is 15.0 Å². The molecule has 36 heavy (non-hydrogen) atoms. The van der Waals surface area contributed by atoms with E-state index in [0.717, 1.165) is 44.9 Å². The topological polar surface area (TPSA) is 69.6 Å². The van der Waals surface area contributed by atoms with E-state index in [4.69, 9.17) is 0 Å². The second-order valence-corrected chi connectivity index (χ2v) is 15.8. The molecule has 0 saturated heterocycles. The molecular weight excluding hydrogens is 446 g/mol. The molecule has 1 amide bonds. The average molecular weight is 500 g/mol. The fraction of sp³-hybridized carbons (Fsp3) is 0.906. The summed E-state index contributed by atoms with van der Waals surface area (Å²) in [5.41, 5.74) is 1.51. The van der Waals surface area contributed by atoms with Crippen LogP contribution >= 0.6 is 0 Å². The Kier molecular flexibility index (Phi) is 5.99. The van der Waals surface area contributed by atoms with Crippen LogP contribution in [-0.4, -0.2) is 34.9 Å². The Hall–Kier alpha value is -0.870. The number of aliphatic hydroxyl groups excluding tert-OH is 2. The molecule has 0 spiro atoms. The third-order valence-corrected chi connectivity index (χ3v) is 13.4. The largest absolute Gasteiger partial charge is 0.390 e. The molecule has 5 aliphatic carbocycles. The summed E-state index contributed by atoms with van der Waals surface area (Å²) in [7, 11) is 0. The number of amides is 1. The summed E-state index contributed by atoms with van der Waals surface area (Å²) in [5.74, 6) is 1.51. The first kappa shape index (κ1) is 26.7. The number of carbonyl (C=O) groups excluding carboxylic acids is 1. The summed E-state index contributed by atoms with van der Waals surface area (Å²) < 4.78 is 0. The first-order valence-electron chi connectivity index (χ1n) is 14.9. The zero-order valence-corrected chi connectivity index (χ0v) is 24.3. The minimum Gasteiger partial charge on any atom is -0.390 e. The van der Waals surface area contributed by atoms with Crippen LogP contribution in [0.15, 0.2) is 11.6 Å². The average Bonchev–Trinajstić information content (AvgIpc) is 2.78. The van der Waals surface area contributed by atoms with Gasteiger partial charge in [0.25, 0.3) is 0 Å². The minimum atomic E-state index is -0.655. The van der Waals surface area contributed by atoms with Gasteiger partial charge in [-0.1, -0.05) is 60.1 Å². The number of carbonyl (C=O) groups is 1. The van der Waals surface area contributed by atoms with E-state index >= 15 is 0 Å². The summed E-state index contributed by atoms with van der Waals surface area (Å²) in [6.45, 7) is 19.5. The summed E-state index contributed by atoms with van der Waals surface area (Å²) in [5, 5.41) is 25.2. The molecule has 204 valence electrons. The smallest absolute Gasteiger partial charge is 0.226 e. The van der Waals surface area contributed by atoms with Gasteiger partial charge in [0.15, 0.2) is 0 Å². The van der Waals surface area contributed by atoms with Gasteiger partial charge in [-0.25, -0.2) is 0 Å². The van der Waals surface area contributed by atoms with Crippen LogP contribution in [0, 0.1) is 50.2 Å². The van der Waals surface area contributed by atoms with Crippen molar-refractivity contribution in [1.82, 2.24) is 5.32 Å². The molecule has 0 radical (unpaired) electrons. The lowest BCUT2D eigenvalue weighted by molar-refractivity contribution is -0.231. The van der Waals surface area contributed by atoms with Crippen LogP contribution < -0.4 is 5.32 Å². The second-order valence-electron chi connectivity index (χ2n) is 15.8. The fourth-order valence-corrected chi connectivity index (χ4v) is 11.1. The van der Waals surface area contributed by atoms with Crippen LogP contribution in [0.1, 0.15) is 113 Å². The predicted octanol–water partition coefficient (Wildman–Crippen LogP) is 6.26. The van der Waals surface area contributed by atoms with E-state index in [1.807, 2.05) is 6.92 Å². The highest BCUT2D eigenvalue weighted by Gasteiger charge is 2.69. The van der Waals surface area contributed by atoms with Gasteiger partial charge in [-0.2, -0.15) is 0 Å². The number of hydrogen-bond acceptors (Lipinski definition) is 3. The van der Waals surface area contributed by atoms with E-state index < -0.39 is 12.2 Å². The van der Waals surface area contributed by atoms with E-state index in [1.54, 1.807) is 5.57 Å². The number of hydrogen-bond donors (Lipinski definition) is 3. The highest BCUT2D eigenvalue weighted by atomic mass is 16.3. The zero-order chi connectivity index (χ0) is 26.5. The quantitative estimate of drug-likeness (QED) is 0.393. The zero-order valence-electron chi connectivity index (χ0n) is 24.3. The molecule has 4 heteroatoms. The maximum Gasteiger partial charge on any atom is 0.226 e. The van der Waals surface area contributed by atoms with Crippen molar-refractivity contribution in [1.29, 1.82) is 0 Å². The molecule has 0 bridgehead atoms. The molecule has 0 unspecified atom stereocenters. The normalized spacial score (nSPS) is 51.1. The third kappa shape index (κ3) is 3.28. The van der Waals surface area contributed by atoms with Crippen LogP contribution in [0.2, 0.25) is 0 Å². The molecule has 4 saturated carbocycles. The maximum atomic E-state index is 13.7. The third-order valence-electron chi connectivity index (χ3n) is 13.4. The van der Waals surface area contributed by atoms with Crippen molar-refractivity contribution in [2.75, 3.05) is 6.54 Å². The number of nitrogens with one attached hydrogen (secondary N) is 1. The Bertz CT molecular complexity index is 953. The van der Waals surface area contributed by atoms with Gasteiger partial charge in [0.2, 0.25) is 5.91 Å². The van der Waals surface area contributed by atoms with Crippen LogP contribution in [0.3, 0.4) is 0 Å². The molecule has 3 N–H and O–H groups in total. The van der Waals surface area contributed by atoms with E-state index in [2.05, 4.69) is 59.9 Å². The highest BCUT2D eigenvalue weighted by molar-refractivity contribution is 5.84. The van der Waals surface area contributed by atoms with Crippen molar-refractivity contribution in [3.05, 3.63) is 11.6 Å². The Balaban J connectivity index is 1.60.